The summed E-state index contributed by atoms with van der Waals surface area (Å²) in [6.07, 6.45) is 34.2. The fraction of sp³-hybridized carbons (Fsp3) is 0.930. The molecular weight excluding hydrogens is 642 g/mol. The Labute approximate surface area is 315 Å². The lowest BCUT2D eigenvalue weighted by atomic mass is 10.0. The Morgan fingerprint density at radius 1 is 0.510 bits per heavy atom. The smallest absolute Gasteiger partial charge is 0.362 e. The van der Waals surface area contributed by atoms with Gasteiger partial charge < -0.3 is 23.8 Å². The maximum absolute atomic E-state index is 12.7. The second-order valence-electron chi connectivity index (χ2n) is 16.0. The topological polar surface area (TPSA) is 99.1 Å². The van der Waals surface area contributed by atoms with Gasteiger partial charge >= 0.3 is 17.9 Å². The second kappa shape index (κ2) is 35.4. The molecule has 0 amide bonds. The average molecular weight is 727 g/mol. The third-order valence-electron chi connectivity index (χ3n) is 10.0. The molecule has 0 saturated heterocycles. The molecule has 0 aliphatic heterocycles. The minimum Gasteiger partial charge on any atom is -0.477 e. The first-order valence-corrected chi connectivity index (χ1v) is 21.6. The molecule has 302 valence electrons. The van der Waals surface area contributed by atoms with Gasteiger partial charge in [0.2, 0.25) is 0 Å². The van der Waals surface area contributed by atoms with E-state index in [0.29, 0.717) is 19.3 Å². The van der Waals surface area contributed by atoms with E-state index >= 15 is 0 Å². The highest BCUT2D eigenvalue weighted by Crippen LogP contribution is 2.16. The van der Waals surface area contributed by atoms with E-state index in [0.717, 1.165) is 38.5 Å². The van der Waals surface area contributed by atoms with Crippen molar-refractivity contribution in [3.8, 4) is 0 Å². The fourth-order valence-corrected chi connectivity index (χ4v) is 6.62. The van der Waals surface area contributed by atoms with Gasteiger partial charge in [0, 0.05) is 19.3 Å². The van der Waals surface area contributed by atoms with Crippen molar-refractivity contribution in [3.63, 3.8) is 0 Å². The molecule has 0 fully saturated rings. The number of likely N-dealkylation sites (N-methyl/N-ethyl adjacent to an activating group) is 1. The summed E-state index contributed by atoms with van der Waals surface area (Å²) in [5, 5.41) is 9.60. The molecule has 0 aromatic rings. The van der Waals surface area contributed by atoms with Crippen LogP contribution in [0.1, 0.15) is 206 Å². The van der Waals surface area contributed by atoms with Crippen LogP contribution in [0.5, 0.6) is 0 Å². The minimum atomic E-state index is -0.871. The van der Waals surface area contributed by atoms with E-state index in [-0.39, 0.29) is 36.2 Å². The number of quaternary nitrogens is 1. The summed E-state index contributed by atoms with van der Waals surface area (Å²) in [5.74, 6) is -1.45. The number of unbranched alkanes of at least 4 members (excludes halogenated alkanes) is 25. The summed E-state index contributed by atoms with van der Waals surface area (Å²) in [7, 11) is 5.53. The summed E-state index contributed by atoms with van der Waals surface area (Å²) in [6, 6.07) is -0.607. The van der Waals surface area contributed by atoms with E-state index in [4.69, 9.17) is 14.2 Å². The van der Waals surface area contributed by atoms with Gasteiger partial charge in [-0.2, -0.15) is 0 Å². The van der Waals surface area contributed by atoms with Crippen molar-refractivity contribution >= 4 is 17.9 Å². The predicted molar refractivity (Wildman–Crippen MR) is 211 cm³/mol. The van der Waals surface area contributed by atoms with Gasteiger partial charge in [-0.3, -0.25) is 9.59 Å². The van der Waals surface area contributed by atoms with E-state index in [9.17, 15) is 19.5 Å². The maximum atomic E-state index is 12.7. The Balaban J connectivity index is 4.32. The molecule has 0 aliphatic rings. The lowest BCUT2D eigenvalue weighted by molar-refractivity contribution is -0.887. The van der Waals surface area contributed by atoms with Crippen molar-refractivity contribution in [1.29, 1.82) is 0 Å². The van der Waals surface area contributed by atoms with E-state index in [1.165, 1.54) is 135 Å². The molecule has 0 radical (unpaired) electrons. The van der Waals surface area contributed by atoms with Gasteiger partial charge in [0.1, 0.15) is 6.61 Å². The molecule has 0 spiro atoms. The number of carboxylic acids is 1. The van der Waals surface area contributed by atoms with Gasteiger partial charge in [-0.05, 0) is 12.8 Å². The van der Waals surface area contributed by atoms with Gasteiger partial charge in [0.05, 0.1) is 34.4 Å². The predicted octanol–water partition coefficient (Wildman–Crippen LogP) is 11.4. The van der Waals surface area contributed by atoms with Crippen molar-refractivity contribution < 1.29 is 38.2 Å². The Kier molecular flexibility index (Phi) is 34.2. The zero-order valence-electron chi connectivity index (χ0n) is 34.3. The Bertz CT molecular complexity index is 813. The van der Waals surface area contributed by atoms with Crippen LogP contribution in [0, 0.1) is 0 Å². The normalized spacial score (nSPS) is 12.9. The molecule has 0 saturated carbocycles. The monoisotopic (exact) mass is 727 g/mol. The van der Waals surface area contributed by atoms with Crippen LogP contribution in [0.4, 0.5) is 0 Å². The highest BCUT2D eigenvalue weighted by Gasteiger charge is 2.31. The second-order valence-corrected chi connectivity index (χ2v) is 16.0. The third kappa shape index (κ3) is 33.9. The molecule has 2 unspecified atom stereocenters. The summed E-state index contributed by atoms with van der Waals surface area (Å²) in [4.78, 5) is 36.9. The molecule has 1 N–H and O–H groups in total. The molecule has 0 aromatic heterocycles. The SMILES string of the molecule is CCCCCCCCCCCCCCCCC(=O)OCC(COCCC(C(=O)O)[N+](C)(C)C)OC(=O)CCCCCCCCCCCCCCC. The average Bonchev–Trinajstić information content (AvgIpc) is 3.08. The van der Waals surface area contributed by atoms with Crippen LogP contribution in [-0.2, 0) is 28.6 Å². The van der Waals surface area contributed by atoms with Crippen LogP contribution >= 0.6 is 0 Å². The number of ether oxygens (including phenoxy) is 3. The zero-order chi connectivity index (χ0) is 37.8. The summed E-state index contributed by atoms with van der Waals surface area (Å²) < 4.78 is 17.3. The van der Waals surface area contributed by atoms with Gasteiger partial charge in [-0.1, -0.05) is 174 Å². The summed E-state index contributed by atoms with van der Waals surface area (Å²) in [6.45, 7) is 4.76. The molecule has 0 aromatic carbocycles. The third-order valence-corrected chi connectivity index (χ3v) is 10.0. The number of rotatable bonds is 39. The molecule has 0 bridgehead atoms. The lowest BCUT2D eigenvalue weighted by Crippen LogP contribution is -2.50. The van der Waals surface area contributed by atoms with Crippen LogP contribution in [0.2, 0.25) is 0 Å². The molecule has 8 heteroatoms. The lowest BCUT2D eigenvalue weighted by Gasteiger charge is -2.31. The van der Waals surface area contributed by atoms with Crippen LogP contribution in [0.25, 0.3) is 0 Å². The van der Waals surface area contributed by atoms with Crippen molar-refractivity contribution in [2.45, 2.75) is 219 Å². The molecule has 8 nitrogen and oxygen atoms in total. The van der Waals surface area contributed by atoms with Crippen molar-refractivity contribution in [2.24, 2.45) is 0 Å². The van der Waals surface area contributed by atoms with Gasteiger partial charge in [0.15, 0.2) is 12.1 Å². The van der Waals surface area contributed by atoms with Crippen LogP contribution in [0.15, 0.2) is 0 Å². The number of carboxylic acid groups (broad SMARTS) is 1. The standard InChI is InChI=1S/C43H83NO7/c1-6-8-10-12-14-16-18-20-22-23-25-27-29-31-33-41(45)50-38-39(37-49-36-35-40(43(47)48)44(3,4)5)51-42(46)34-32-30-28-26-24-21-19-17-15-13-11-9-7-2/h39-40H,6-38H2,1-5H3/p+1. The quantitative estimate of drug-likeness (QED) is 0.0382. The summed E-state index contributed by atoms with van der Waals surface area (Å²) >= 11 is 0. The summed E-state index contributed by atoms with van der Waals surface area (Å²) in [5.41, 5.74) is 0. The number of esters is 2. The van der Waals surface area contributed by atoms with Crippen LogP contribution in [0.3, 0.4) is 0 Å². The first-order valence-electron chi connectivity index (χ1n) is 21.6. The highest BCUT2D eigenvalue weighted by atomic mass is 16.6. The molecule has 51 heavy (non-hydrogen) atoms. The molecule has 0 heterocycles. The Morgan fingerprint density at radius 2 is 0.863 bits per heavy atom. The Morgan fingerprint density at radius 3 is 1.22 bits per heavy atom. The van der Waals surface area contributed by atoms with E-state index in [1.807, 2.05) is 21.1 Å². The number of carbonyl (C=O) groups excluding carboxylic acids is 2. The van der Waals surface area contributed by atoms with E-state index in [1.54, 1.807) is 0 Å². The highest BCUT2D eigenvalue weighted by molar-refractivity contribution is 5.72. The van der Waals surface area contributed by atoms with Crippen LogP contribution < -0.4 is 0 Å². The fourth-order valence-electron chi connectivity index (χ4n) is 6.62. The molecule has 2 atom stereocenters. The van der Waals surface area contributed by atoms with Gasteiger partial charge in [-0.25, -0.2) is 4.79 Å². The number of aliphatic carboxylic acids is 1. The molecular formula is C43H84NO7+. The largest absolute Gasteiger partial charge is 0.477 e. The number of nitrogens with zero attached hydrogens (tertiary/aromatic N) is 1. The maximum Gasteiger partial charge on any atom is 0.362 e. The number of carbonyl (C=O) groups is 3. The Hall–Kier alpha value is -1.67. The van der Waals surface area contributed by atoms with Crippen LogP contribution in [-0.4, -0.2) is 80.6 Å². The first-order chi connectivity index (χ1) is 24.6. The zero-order valence-corrected chi connectivity index (χ0v) is 34.3. The minimum absolute atomic E-state index is 0.0422. The molecule has 0 rings (SSSR count). The van der Waals surface area contributed by atoms with Crippen molar-refractivity contribution in [2.75, 3.05) is 41.0 Å². The molecule has 0 aliphatic carbocycles. The van der Waals surface area contributed by atoms with Gasteiger partial charge in [0.25, 0.3) is 0 Å². The van der Waals surface area contributed by atoms with E-state index in [2.05, 4.69) is 13.8 Å². The number of hydrogen-bond acceptors (Lipinski definition) is 6. The first kappa shape index (κ1) is 49.3. The number of hydrogen-bond donors (Lipinski definition) is 1. The van der Waals surface area contributed by atoms with E-state index < -0.39 is 18.1 Å². The van der Waals surface area contributed by atoms with Crippen molar-refractivity contribution in [3.05, 3.63) is 0 Å². The van der Waals surface area contributed by atoms with Gasteiger partial charge in [-0.15, -0.1) is 0 Å². The van der Waals surface area contributed by atoms with Crippen molar-refractivity contribution in [1.82, 2.24) is 0 Å².